The zero-order valence-corrected chi connectivity index (χ0v) is 41.3. The molecule has 0 saturated heterocycles. The van der Waals surface area contributed by atoms with Gasteiger partial charge in [-0.1, -0.05) is 116 Å². The summed E-state index contributed by atoms with van der Waals surface area (Å²) < 4.78 is 0. The van der Waals surface area contributed by atoms with Crippen LogP contribution in [-0.2, 0) is 56.0 Å². The molecule has 69 heavy (non-hydrogen) atoms. The lowest BCUT2D eigenvalue weighted by atomic mass is 9.94. The van der Waals surface area contributed by atoms with Crippen molar-refractivity contribution < 1.29 is 53.4 Å². The SMILES string of the molecule is CC[C@H](C)[C@H](NC(=O)CN)NC(=O)[C@H](CC(C)C)C(=O)NCC(=O)N[C@@H](Cc1ccccc1)C(=O)N[C@H](C(=O)N[C@@H](Cc1ccccc1)C(=O)N[C@H](C(=O)N[C@@H](CC(C)C)C(=O)O)[C@@H](C)O)C(C)C. The number of nitrogens with two attached hydrogens (primary N) is 1. The van der Waals surface area contributed by atoms with Crippen molar-refractivity contribution in [3.63, 3.8) is 0 Å². The highest BCUT2D eigenvalue weighted by Crippen LogP contribution is 2.15. The van der Waals surface area contributed by atoms with Crippen LogP contribution in [0.25, 0.3) is 0 Å². The number of carboxylic acids is 1. The maximum Gasteiger partial charge on any atom is 0.326 e. The minimum atomic E-state index is -1.61. The van der Waals surface area contributed by atoms with Gasteiger partial charge in [-0.15, -0.1) is 0 Å². The highest BCUT2D eigenvalue weighted by Gasteiger charge is 2.36. The fourth-order valence-electron chi connectivity index (χ4n) is 7.16. The van der Waals surface area contributed by atoms with Gasteiger partial charge in [0.05, 0.1) is 19.2 Å². The molecule has 0 spiro atoms. The number of hydrogen-bond donors (Lipinski definition) is 11. The molecule has 0 fully saturated rings. The number of hydrogen-bond acceptors (Lipinski definition) is 11. The van der Waals surface area contributed by atoms with Gasteiger partial charge < -0.3 is 58.5 Å². The van der Waals surface area contributed by atoms with E-state index in [-0.39, 0.29) is 50.0 Å². The van der Waals surface area contributed by atoms with Crippen LogP contribution in [0.15, 0.2) is 60.7 Å². The predicted octanol–water partition coefficient (Wildman–Crippen LogP) is 0.405. The van der Waals surface area contributed by atoms with Crippen molar-refractivity contribution in [2.75, 3.05) is 13.1 Å². The van der Waals surface area contributed by atoms with Crippen LogP contribution in [0.2, 0.25) is 0 Å². The first-order chi connectivity index (χ1) is 32.5. The summed E-state index contributed by atoms with van der Waals surface area (Å²) >= 11 is 0. The topological polar surface area (TPSA) is 316 Å². The monoisotopic (exact) mass is 966 g/mol. The predicted molar refractivity (Wildman–Crippen MR) is 258 cm³/mol. The van der Waals surface area contributed by atoms with Crippen LogP contribution in [0.3, 0.4) is 0 Å². The van der Waals surface area contributed by atoms with E-state index in [1.165, 1.54) is 6.92 Å². The molecule has 2 aromatic rings. The summed E-state index contributed by atoms with van der Waals surface area (Å²) in [5.74, 6) is -9.62. The third-order valence-electron chi connectivity index (χ3n) is 11.3. The van der Waals surface area contributed by atoms with E-state index in [4.69, 9.17) is 5.73 Å². The van der Waals surface area contributed by atoms with Gasteiger partial charge in [0.25, 0.3) is 0 Å². The molecule has 0 bridgehead atoms. The average molecular weight is 966 g/mol. The van der Waals surface area contributed by atoms with Crippen LogP contribution in [0, 0.1) is 29.6 Å². The second-order valence-corrected chi connectivity index (χ2v) is 18.6. The molecule has 0 aliphatic rings. The summed E-state index contributed by atoms with van der Waals surface area (Å²) in [6, 6.07) is 10.5. The smallest absolute Gasteiger partial charge is 0.326 e. The molecule has 20 heteroatoms. The number of amides is 8. The van der Waals surface area contributed by atoms with Gasteiger partial charge in [0.2, 0.25) is 47.3 Å². The van der Waals surface area contributed by atoms with Crippen molar-refractivity contribution in [2.24, 2.45) is 35.3 Å². The van der Waals surface area contributed by atoms with E-state index in [1.54, 1.807) is 88.4 Å². The maximum atomic E-state index is 14.2. The Morgan fingerprint density at radius 2 is 1.01 bits per heavy atom. The third kappa shape index (κ3) is 20.8. The molecule has 2 aromatic carbocycles. The van der Waals surface area contributed by atoms with Crippen molar-refractivity contribution in [3.05, 3.63) is 71.8 Å². The molecular formula is C49H75N9O11. The van der Waals surface area contributed by atoms with Gasteiger partial charge in [0.15, 0.2) is 0 Å². The van der Waals surface area contributed by atoms with Crippen LogP contribution in [-0.4, -0.2) is 119 Å². The number of rotatable bonds is 29. The molecule has 9 atom stereocenters. The van der Waals surface area contributed by atoms with Gasteiger partial charge in [0, 0.05) is 12.8 Å². The minimum absolute atomic E-state index is 0.0373. The van der Waals surface area contributed by atoms with Crippen LogP contribution >= 0.6 is 0 Å². The Hall–Kier alpha value is -6.41. The number of aliphatic hydroxyl groups is 1. The second-order valence-electron chi connectivity index (χ2n) is 18.6. The first kappa shape index (κ1) is 58.7. The van der Waals surface area contributed by atoms with Gasteiger partial charge in [-0.25, -0.2) is 4.79 Å². The number of carbonyl (C=O) groups is 9. The van der Waals surface area contributed by atoms with Crippen LogP contribution < -0.4 is 48.3 Å². The molecule has 0 aliphatic heterocycles. The number of carboxylic acid groups (broad SMARTS) is 1. The number of carbonyl (C=O) groups excluding carboxylic acids is 8. The molecule has 0 aromatic heterocycles. The summed E-state index contributed by atoms with van der Waals surface area (Å²) in [5.41, 5.74) is 6.74. The minimum Gasteiger partial charge on any atom is -0.480 e. The summed E-state index contributed by atoms with van der Waals surface area (Å²) in [6.07, 6.45) is -1.61. The summed E-state index contributed by atoms with van der Waals surface area (Å²) in [4.78, 5) is 120. The quantitative estimate of drug-likeness (QED) is 0.0390. The maximum absolute atomic E-state index is 14.2. The molecular weight excluding hydrogens is 891 g/mol. The van der Waals surface area contributed by atoms with Crippen LogP contribution in [0.4, 0.5) is 0 Å². The molecule has 8 amide bonds. The molecule has 0 unspecified atom stereocenters. The van der Waals surface area contributed by atoms with E-state index in [9.17, 15) is 53.4 Å². The fourth-order valence-corrected chi connectivity index (χ4v) is 7.16. The number of aliphatic carboxylic acids is 1. The Labute approximate surface area is 405 Å². The molecule has 0 heterocycles. The molecule has 382 valence electrons. The highest BCUT2D eigenvalue weighted by molar-refractivity contribution is 6.02. The summed E-state index contributed by atoms with van der Waals surface area (Å²) in [7, 11) is 0. The van der Waals surface area contributed by atoms with E-state index in [2.05, 4.69) is 42.5 Å². The van der Waals surface area contributed by atoms with Crippen LogP contribution in [0.1, 0.15) is 92.7 Å². The van der Waals surface area contributed by atoms with E-state index in [1.807, 2.05) is 27.7 Å². The Morgan fingerprint density at radius 3 is 1.46 bits per heavy atom. The Morgan fingerprint density at radius 1 is 0.536 bits per heavy atom. The van der Waals surface area contributed by atoms with Crippen molar-refractivity contribution in [1.82, 2.24) is 42.5 Å². The fraction of sp³-hybridized carbons (Fsp3) is 0.571. The molecule has 20 nitrogen and oxygen atoms in total. The first-order valence-electron chi connectivity index (χ1n) is 23.5. The summed E-state index contributed by atoms with van der Waals surface area (Å²) in [5, 5.41) is 41.1. The number of nitrogens with one attached hydrogen (secondary N) is 8. The van der Waals surface area contributed by atoms with E-state index in [0.717, 1.165) is 0 Å². The molecule has 12 N–H and O–H groups in total. The number of aliphatic hydroxyl groups excluding tert-OH is 1. The lowest BCUT2D eigenvalue weighted by Gasteiger charge is -2.29. The van der Waals surface area contributed by atoms with Gasteiger partial charge in [-0.05, 0) is 61.0 Å². The number of benzene rings is 2. The standard InChI is InChI=1S/C49H75N9O11/c1-10-30(8)42(55-38(60)25-50)58-44(63)34(21-27(2)3)43(62)51-26-39(61)52-35(23-32-17-13-11-14-18-32)45(64)56-40(29(6)7)47(66)53-36(24-33-19-15-12-16-20-33)46(65)57-41(31(9)59)48(67)54-37(49(68)69)22-28(4)5/h11-20,27-31,34-37,40-42,59H,10,21-26,50H2,1-9H3,(H,51,62)(H,52,61)(H,53,66)(H,54,67)(H,55,60)(H,56,64)(H,57,65)(H,58,63)(H,68,69)/t30-,31+,34+,35-,36-,37-,40-,41-,42+/m0/s1. The van der Waals surface area contributed by atoms with Gasteiger partial charge >= 0.3 is 5.97 Å². The molecule has 0 saturated carbocycles. The Bertz CT molecular complexity index is 2020. The third-order valence-corrected chi connectivity index (χ3v) is 11.3. The normalized spacial score (nSPS) is 15.2. The van der Waals surface area contributed by atoms with Crippen molar-refractivity contribution in [3.8, 4) is 0 Å². The second kappa shape index (κ2) is 29.5. The zero-order chi connectivity index (χ0) is 52.0. The zero-order valence-electron chi connectivity index (χ0n) is 41.3. The average Bonchev–Trinajstić information content (AvgIpc) is 3.29. The van der Waals surface area contributed by atoms with E-state index < -0.39 is 114 Å². The van der Waals surface area contributed by atoms with Crippen LogP contribution in [0.5, 0.6) is 0 Å². The van der Waals surface area contributed by atoms with Crippen molar-refractivity contribution in [1.29, 1.82) is 0 Å². The Kier molecular flexibility index (Phi) is 25.1. The first-order valence-corrected chi connectivity index (χ1v) is 23.5. The molecule has 2 rings (SSSR count). The van der Waals surface area contributed by atoms with Gasteiger partial charge in [0.1, 0.15) is 42.3 Å². The highest BCUT2D eigenvalue weighted by atomic mass is 16.4. The van der Waals surface area contributed by atoms with Crippen molar-refractivity contribution >= 4 is 53.2 Å². The molecule has 0 radical (unpaired) electrons. The van der Waals surface area contributed by atoms with Gasteiger partial charge in [-0.2, -0.15) is 0 Å². The lowest BCUT2D eigenvalue weighted by Crippen LogP contribution is -2.62. The Balaban J connectivity index is 2.36. The van der Waals surface area contributed by atoms with E-state index in [0.29, 0.717) is 17.5 Å². The van der Waals surface area contributed by atoms with Gasteiger partial charge in [-0.3, -0.25) is 38.4 Å². The molecule has 0 aliphatic carbocycles. The summed E-state index contributed by atoms with van der Waals surface area (Å²) in [6.45, 7) is 14.5. The lowest BCUT2D eigenvalue weighted by molar-refractivity contribution is -0.143. The largest absolute Gasteiger partial charge is 0.480 e. The van der Waals surface area contributed by atoms with E-state index >= 15 is 0 Å². The van der Waals surface area contributed by atoms with Crippen molar-refractivity contribution in [2.45, 2.75) is 137 Å².